The van der Waals surface area contributed by atoms with E-state index in [0.29, 0.717) is 16.4 Å². The Hall–Kier alpha value is -3.36. The maximum atomic E-state index is 11.0. The van der Waals surface area contributed by atoms with Gasteiger partial charge in [0.1, 0.15) is 5.52 Å². The highest BCUT2D eigenvalue weighted by molar-refractivity contribution is 6.07. The topological polar surface area (TPSA) is 132 Å². The summed E-state index contributed by atoms with van der Waals surface area (Å²) < 4.78 is 0. The van der Waals surface area contributed by atoms with E-state index < -0.39 is 10.0 Å². The number of pyridine rings is 2. The lowest BCUT2D eigenvalue weighted by molar-refractivity contribution is -0.742. The van der Waals surface area contributed by atoms with E-state index in [4.69, 9.17) is 15.3 Å². The van der Waals surface area contributed by atoms with Crippen LogP contribution in [0.3, 0.4) is 0 Å². The SMILES string of the molecule is O=[N+]([O-])O.O=[N+]([O-])c1cc2cccnc2c2ncccc12. The van der Waals surface area contributed by atoms with Gasteiger partial charge in [-0.1, -0.05) is 6.07 Å². The first-order valence-corrected chi connectivity index (χ1v) is 5.61. The molecule has 0 aliphatic heterocycles. The third kappa shape index (κ3) is 2.97. The van der Waals surface area contributed by atoms with E-state index in [2.05, 4.69) is 9.97 Å². The predicted octanol–water partition coefficient (Wildman–Crippen LogP) is 2.34. The standard InChI is InChI=1S/C12H7N3O2.HNO3/c16-15(17)10-7-8-3-1-5-13-11(8)12-9(10)4-2-6-14-12;2-1(3)4/h1-7H;(H,2,3,4). The van der Waals surface area contributed by atoms with Crippen LogP contribution in [-0.2, 0) is 0 Å². The minimum Gasteiger partial charge on any atom is -0.328 e. The van der Waals surface area contributed by atoms with E-state index in [1.165, 1.54) is 6.07 Å². The van der Waals surface area contributed by atoms with E-state index in [-0.39, 0.29) is 5.69 Å². The highest BCUT2D eigenvalue weighted by Gasteiger charge is 2.15. The zero-order chi connectivity index (χ0) is 15.4. The molecular formula is C12H8N4O5. The monoisotopic (exact) mass is 288 g/mol. The highest BCUT2D eigenvalue weighted by Crippen LogP contribution is 2.30. The number of fused-ring (bicyclic) bond motifs is 3. The molecule has 0 radical (unpaired) electrons. The fourth-order valence-electron chi connectivity index (χ4n) is 1.91. The average molecular weight is 288 g/mol. The Morgan fingerprint density at radius 3 is 2.19 bits per heavy atom. The van der Waals surface area contributed by atoms with E-state index in [0.717, 1.165) is 5.39 Å². The van der Waals surface area contributed by atoms with Crippen molar-refractivity contribution in [2.75, 3.05) is 0 Å². The van der Waals surface area contributed by atoms with Crippen molar-refractivity contribution < 1.29 is 15.2 Å². The molecule has 0 amide bonds. The van der Waals surface area contributed by atoms with Gasteiger partial charge in [-0.2, -0.15) is 0 Å². The minimum absolute atomic E-state index is 0.0635. The van der Waals surface area contributed by atoms with Crippen LogP contribution in [-0.4, -0.2) is 25.2 Å². The number of hydrogen-bond acceptors (Lipinski definition) is 6. The second-order valence-corrected chi connectivity index (χ2v) is 3.87. The summed E-state index contributed by atoms with van der Waals surface area (Å²) in [6.45, 7) is 0. The first-order chi connectivity index (χ1) is 10.0. The number of non-ortho nitro benzene ring substituents is 1. The Kier molecular flexibility index (Phi) is 3.84. The normalized spacial score (nSPS) is 9.90. The van der Waals surface area contributed by atoms with Gasteiger partial charge in [-0.05, 0) is 18.2 Å². The number of nitro groups is 1. The van der Waals surface area contributed by atoms with Crippen LogP contribution in [0.25, 0.3) is 21.8 Å². The van der Waals surface area contributed by atoms with Gasteiger partial charge in [-0.15, -0.1) is 10.1 Å². The summed E-state index contributed by atoms with van der Waals surface area (Å²) in [5.41, 5.74) is 1.32. The van der Waals surface area contributed by atoms with Crippen molar-refractivity contribution in [2.45, 2.75) is 0 Å². The van der Waals surface area contributed by atoms with Crippen molar-refractivity contribution in [1.82, 2.24) is 9.97 Å². The summed E-state index contributed by atoms with van der Waals surface area (Å²) in [5, 5.41) is 25.9. The molecule has 0 fully saturated rings. The van der Waals surface area contributed by atoms with Crippen molar-refractivity contribution in [1.29, 1.82) is 0 Å². The van der Waals surface area contributed by atoms with Gasteiger partial charge in [0.05, 0.1) is 15.8 Å². The van der Waals surface area contributed by atoms with E-state index in [1.807, 2.05) is 0 Å². The fraction of sp³-hybridized carbons (Fsp3) is 0. The molecule has 0 aliphatic carbocycles. The molecule has 106 valence electrons. The van der Waals surface area contributed by atoms with Crippen LogP contribution in [0.4, 0.5) is 5.69 Å². The second-order valence-electron chi connectivity index (χ2n) is 3.87. The van der Waals surface area contributed by atoms with Gasteiger partial charge < -0.3 is 5.21 Å². The van der Waals surface area contributed by atoms with Gasteiger partial charge >= 0.3 is 0 Å². The molecule has 0 bridgehead atoms. The molecule has 2 aromatic heterocycles. The molecular weight excluding hydrogens is 280 g/mol. The number of rotatable bonds is 1. The van der Waals surface area contributed by atoms with Gasteiger partial charge in [-0.25, -0.2) is 0 Å². The lowest BCUT2D eigenvalue weighted by Crippen LogP contribution is -1.92. The molecule has 0 unspecified atom stereocenters. The van der Waals surface area contributed by atoms with Gasteiger partial charge in [0.25, 0.3) is 10.8 Å². The van der Waals surface area contributed by atoms with Crippen molar-refractivity contribution >= 4 is 27.5 Å². The Morgan fingerprint density at radius 2 is 1.57 bits per heavy atom. The van der Waals surface area contributed by atoms with E-state index in [9.17, 15) is 10.1 Å². The third-order valence-corrected chi connectivity index (χ3v) is 2.64. The highest BCUT2D eigenvalue weighted by atomic mass is 16.9. The van der Waals surface area contributed by atoms with Gasteiger partial charge in [0.2, 0.25) is 0 Å². The van der Waals surface area contributed by atoms with Crippen molar-refractivity contribution in [2.24, 2.45) is 0 Å². The Bertz CT molecular complexity index is 832. The summed E-state index contributed by atoms with van der Waals surface area (Å²) in [6, 6.07) is 8.45. The number of hydrogen-bond donors (Lipinski definition) is 1. The molecule has 0 saturated heterocycles. The Morgan fingerprint density at radius 1 is 1.00 bits per heavy atom. The average Bonchev–Trinajstić information content (AvgIpc) is 2.45. The van der Waals surface area contributed by atoms with Crippen LogP contribution < -0.4 is 0 Å². The number of benzene rings is 1. The molecule has 0 saturated carbocycles. The molecule has 9 nitrogen and oxygen atoms in total. The number of nitro benzene ring substituents is 1. The largest absolute Gasteiger partial charge is 0.328 e. The van der Waals surface area contributed by atoms with Gasteiger partial charge in [0.15, 0.2) is 0 Å². The van der Waals surface area contributed by atoms with Crippen molar-refractivity contribution in [3.8, 4) is 0 Å². The zero-order valence-corrected chi connectivity index (χ0v) is 10.4. The summed E-state index contributed by atoms with van der Waals surface area (Å²) in [5.74, 6) is 0. The minimum atomic E-state index is -1.50. The van der Waals surface area contributed by atoms with Crippen LogP contribution >= 0.6 is 0 Å². The van der Waals surface area contributed by atoms with Gasteiger partial charge in [0, 0.05) is 23.8 Å². The third-order valence-electron chi connectivity index (χ3n) is 2.64. The molecule has 0 spiro atoms. The maximum absolute atomic E-state index is 11.0. The van der Waals surface area contributed by atoms with E-state index >= 15 is 0 Å². The first-order valence-electron chi connectivity index (χ1n) is 5.61. The van der Waals surface area contributed by atoms with Crippen LogP contribution in [0, 0.1) is 20.2 Å². The second kappa shape index (κ2) is 5.74. The fourth-order valence-corrected chi connectivity index (χ4v) is 1.91. The number of aromatic nitrogens is 2. The van der Waals surface area contributed by atoms with Crippen molar-refractivity contribution in [3.63, 3.8) is 0 Å². The molecule has 0 aliphatic rings. The van der Waals surface area contributed by atoms with E-state index in [1.54, 1.807) is 36.7 Å². The quantitative estimate of drug-likeness (QED) is 0.412. The lowest BCUT2D eigenvalue weighted by Gasteiger charge is -2.02. The lowest BCUT2D eigenvalue weighted by atomic mass is 10.1. The summed E-state index contributed by atoms with van der Waals surface area (Å²) in [7, 11) is 0. The number of nitrogens with zero attached hydrogens (tertiary/aromatic N) is 4. The first kappa shape index (κ1) is 14.1. The van der Waals surface area contributed by atoms with Crippen LogP contribution in [0.5, 0.6) is 0 Å². The molecule has 3 aromatic rings. The molecule has 0 atom stereocenters. The van der Waals surface area contributed by atoms with Crippen LogP contribution in [0.2, 0.25) is 0 Å². The maximum Gasteiger partial charge on any atom is 0.291 e. The molecule has 1 aromatic carbocycles. The predicted molar refractivity (Wildman–Crippen MR) is 72.5 cm³/mol. The van der Waals surface area contributed by atoms with Crippen molar-refractivity contribution in [3.05, 3.63) is 63.0 Å². The van der Waals surface area contributed by atoms with Gasteiger partial charge in [-0.3, -0.25) is 20.1 Å². The smallest absolute Gasteiger partial charge is 0.291 e. The molecule has 9 heteroatoms. The molecule has 1 N–H and O–H groups in total. The molecule has 2 heterocycles. The molecule has 21 heavy (non-hydrogen) atoms. The summed E-state index contributed by atoms with van der Waals surface area (Å²) in [4.78, 5) is 27.4. The Balaban J connectivity index is 0.000000361. The van der Waals surface area contributed by atoms with Crippen LogP contribution in [0.1, 0.15) is 0 Å². The molecule has 3 rings (SSSR count). The Labute approximate surface area is 116 Å². The zero-order valence-electron chi connectivity index (χ0n) is 10.4. The van der Waals surface area contributed by atoms with Crippen LogP contribution in [0.15, 0.2) is 42.7 Å². The summed E-state index contributed by atoms with van der Waals surface area (Å²) in [6.07, 6.45) is 3.27. The summed E-state index contributed by atoms with van der Waals surface area (Å²) >= 11 is 0.